The minimum Gasteiger partial charge on any atom is -0.0477 e. The molecular formula is C10H14PSi+. The zero-order valence-corrected chi connectivity index (χ0v) is 9.78. The molecule has 0 nitrogen and oxygen atoms in total. The van der Waals surface area contributed by atoms with Gasteiger partial charge in [-0.1, -0.05) is 0 Å². The number of hydrogen-bond donors (Lipinski definition) is 0. The van der Waals surface area contributed by atoms with E-state index in [4.69, 9.17) is 0 Å². The predicted octanol–water partition coefficient (Wildman–Crippen LogP) is 3.50. The number of hydrogen-bond acceptors (Lipinski definition) is 0. The molecule has 1 aliphatic heterocycles. The second-order valence-corrected chi connectivity index (χ2v) is 11.5. The van der Waals surface area contributed by atoms with Gasteiger partial charge in [0.2, 0.25) is 8.05 Å². The monoisotopic (exact) mass is 193 g/mol. The zero-order chi connectivity index (χ0) is 8.72. The highest BCUT2D eigenvalue weighted by Crippen LogP contribution is 2.49. The molecule has 0 saturated heterocycles. The van der Waals surface area contributed by atoms with Crippen molar-refractivity contribution in [2.24, 2.45) is 0 Å². The molecule has 0 spiro atoms. The van der Waals surface area contributed by atoms with Crippen LogP contribution in [0.15, 0.2) is 34.7 Å². The van der Waals surface area contributed by atoms with Gasteiger partial charge in [-0.05, 0) is 43.8 Å². The van der Waals surface area contributed by atoms with Gasteiger partial charge in [-0.25, -0.2) is 0 Å². The van der Waals surface area contributed by atoms with Crippen LogP contribution < -0.4 is 0 Å². The van der Waals surface area contributed by atoms with Crippen molar-refractivity contribution >= 4 is 15.1 Å². The lowest BCUT2D eigenvalue weighted by Crippen LogP contribution is -1.83. The minimum absolute atomic E-state index is 0.0772. The fourth-order valence-electron chi connectivity index (χ4n) is 1.77. The highest BCUT2D eigenvalue weighted by molar-refractivity contribution is 7.72. The van der Waals surface area contributed by atoms with Crippen molar-refractivity contribution in [3.05, 3.63) is 34.7 Å². The topological polar surface area (TPSA) is 0 Å². The summed E-state index contributed by atoms with van der Waals surface area (Å²) in [6.45, 7) is 7.10. The van der Waals surface area contributed by atoms with E-state index < -0.39 is 0 Å². The molecule has 0 amide bonds. The molecule has 0 fully saturated rings. The van der Waals surface area contributed by atoms with Crippen LogP contribution in [0.3, 0.4) is 0 Å². The molecule has 2 aliphatic rings. The van der Waals surface area contributed by atoms with E-state index in [1.54, 1.807) is 10.9 Å². The van der Waals surface area contributed by atoms with Gasteiger partial charge in [0, 0.05) is 5.57 Å². The quantitative estimate of drug-likeness (QED) is 0.408. The summed E-state index contributed by atoms with van der Waals surface area (Å²) < 4.78 is 0. The van der Waals surface area contributed by atoms with Crippen molar-refractivity contribution in [2.45, 2.75) is 20.0 Å². The number of rotatable bonds is 0. The van der Waals surface area contributed by atoms with Crippen molar-refractivity contribution in [3.8, 4) is 0 Å². The van der Waals surface area contributed by atoms with Gasteiger partial charge < -0.3 is 0 Å². The average molecular weight is 193 g/mol. The number of allylic oxidation sites excluding steroid dienone is 6. The molecule has 1 aliphatic carbocycles. The second-order valence-electron chi connectivity index (χ2n) is 3.64. The first-order chi connectivity index (χ1) is 5.68. The molecule has 0 N–H and O–H groups in total. The van der Waals surface area contributed by atoms with E-state index in [0.29, 0.717) is 0 Å². The molecule has 1 atom stereocenters. The van der Waals surface area contributed by atoms with E-state index in [2.05, 4.69) is 38.2 Å². The summed E-state index contributed by atoms with van der Waals surface area (Å²) in [5.41, 5.74) is 3.00. The third-order valence-electron chi connectivity index (χ3n) is 2.37. The summed E-state index contributed by atoms with van der Waals surface area (Å²) in [4.78, 5) is 0. The van der Waals surface area contributed by atoms with Crippen LogP contribution in [0.4, 0.5) is 0 Å². The normalized spacial score (nSPS) is 23.2. The van der Waals surface area contributed by atoms with Crippen LogP contribution in [0.1, 0.15) is 6.92 Å². The highest BCUT2D eigenvalue weighted by atomic mass is 31.2. The Morgan fingerprint density at radius 3 is 2.75 bits per heavy atom. The lowest BCUT2D eigenvalue weighted by Gasteiger charge is -1.89. The molecule has 0 saturated carbocycles. The molecule has 62 valence electrons. The first-order valence-corrected chi connectivity index (χ1v) is 9.23. The van der Waals surface area contributed by atoms with Crippen molar-refractivity contribution in [1.82, 2.24) is 0 Å². The minimum atomic E-state index is -0.0772. The van der Waals surface area contributed by atoms with Crippen LogP contribution in [-0.2, 0) is 0 Å². The van der Waals surface area contributed by atoms with Crippen LogP contribution in [-0.4, -0.2) is 14.2 Å². The highest BCUT2D eigenvalue weighted by Gasteiger charge is 2.29. The van der Waals surface area contributed by atoms with Gasteiger partial charge >= 0.3 is 0 Å². The van der Waals surface area contributed by atoms with Crippen LogP contribution >= 0.6 is 7.06 Å². The first kappa shape index (κ1) is 8.34. The lowest BCUT2D eigenvalue weighted by molar-refractivity contribution is 1.55. The van der Waals surface area contributed by atoms with Gasteiger partial charge in [-0.2, -0.15) is 0 Å². The zero-order valence-electron chi connectivity index (χ0n) is 7.89. The van der Waals surface area contributed by atoms with Gasteiger partial charge in [0.15, 0.2) is 0 Å². The summed E-state index contributed by atoms with van der Waals surface area (Å²) in [6, 6.07) is 0. The number of fused-ring (bicyclic) bond motifs is 1. The van der Waals surface area contributed by atoms with E-state index in [9.17, 15) is 0 Å². The molecule has 0 aromatic heterocycles. The van der Waals surface area contributed by atoms with Crippen molar-refractivity contribution in [3.63, 3.8) is 0 Å². The molecule has 0 aromatic rings. The fourth-order valence-corrected chi connectivity index (χ4v) is 7.41. The van der Waals surface area contributed by atoms with Gasteiger partial charge in [-0.3, -0.25) is 0 Å². The Labute approximate surface area is 76.4 Å². The van der Waals surface area contributed by atoms with Crippen molar-refractivity contribution in [1.29, 1.82) is 0 Å². The average Bonchev–Trinajstić information content (AvgIpc) is 2.43. The van der Waals surface area contributed by atoms with E-state index in [0.717, 1.165) is 0 Å². The maximum absolute atomic E-state index is 2.45. The lowest BCUT2D eigenvalue weighted by atomic mass is 10.3. The van der Waals surface area contributed by atoms with E-state index in [1.165, 1.54) is 11.7 Å². The van der Waals surface area contributed by atoms with E-state index >= 15 is 0 Å². The first-order valence-electron chi connectivity index (χ1n) is 4.37. The van der Waals surface area contributed by atoms with Crippen molar-refractivity contribution in [2.75, 3.05) is 6.16 Å². The van der Waals surface area contributed by atoms with Crippen molar-refractivity contribution < 1.29 is 0 Å². The largest absolute Gasteiger partial charge is 0.247 e. The molecular weight excluding hydrogens is 179 g/mol. The predicted molar refractivity (Wildman–Crippen MR) is 59.2 cm³/mol. The smallest absolute Gasteiger partial charge is 0.0477 e. The fraction of sp³-hybridized carbons (Fsp3) is 0.400. The Morgan fingerprint density at radius 1 is 1.33 bits per heavy atom. The van der Waals surface area contributed by atoms with Crippen LogP contribution in [0, 0.1) is 0 Å². The van der Waals surface area contributed by atoms with Gasteiger partial charge in [0.1, 0.15) is 11.5 Å². The van der Waals surface area contributed by atoms with E-state index in [1.807, 2.05) is 0 Å². The second kappa shape index (κ2) is 2.90. The maximum Gasteiger partial charge on any atom is 0.247 e. The molecule has 2 rings (SSSR count). The summed E-state index contributed by atoms with van der Waals surface area (Å²) >= 11 is 0. The molecule has 0 aromatic carbocycles. The maximum atomic E-state index is 2.45. The Hall–Kier alpha value is -0.263. The third-order valence-corrected chi connectivity index (χ3v) is 9.47. The molecule has 1 heterocycles. The third kappa shape index (κ3) is 1.21. The molecule has 12 heavy (non-hydrogen) atoms. The van der Waals surface area contributed by atoms with Crippen LogP contribution in [0.5, 0.6) is 0 Å². The summed E-state index contributed by atoms with van der Waals surface area (Å²) in [5, 5.41) is 1.70. The van der Waals surface area contributed by atoms with Gasteiger partial charge in [0.25, 0.3) is 0 Å². The summed E-state index contributed by atoms with van der Waals surface area (Å²) in [6.07, 6.45) is 8.54. The summed E-state index contributed by atoms with van der Waals surface area (Å²) in [5.74, 6) is 0. The standard InChI is InChI=1S/C10H14PSi/c1-8-6-9-4-5-11(12(2)3)10(9)7-8/h4,6-7H,5H2,1-3H3/q+1. The summed E-state index contributed by atoms with van der Waals surface area (Å²) in [7, 11) is 0.170. The Bertz CT molecular complexity index is 352. The molecule has 2 heteroatoms. The van der Waals surface area contributed by atoms with Gasteiger partial charge in [0.05, 0.1) is 7.06 Å². The van der Waals surface area contributed by atoms with Crippen LogP contribution in [0.25, 0.3) is 0 Å². The Balaban J connectivity index is 2.47. The Kier molecular flexibility index (Phi) is 2.02. The van der Waals surface area contributed by atoms with Crippen LogP contribution in [0.2, 0.25) is 13.1 Å². The van der Waals surface area contributed by atoms with E-state index in [-0.39, 0.29) is 15.1 Å². The molecule has 0 radical (unpaired) electrons. The van der Waals surface area contributed by atoms with Gasteiger partial charge in [-0.15, -0.1) is 0 Å². The molecule has 0 bridgehead atoms. The SMILES string of the molecule is CC1=CC2=CC[P+](=[Si](C)C)C2=C1. The molecule has 1 unspecified atom stereocenters. The Morgan fingerprint density at radius 2 is 2.08 bits per heavy atom.